The second kappa shape index (κ2) is 10.3. The zero-order valence-electron chi connectivity index (χ0n) is 21.8. The van der Waals surface area contributed by atoms with Gasteiger partial charge in [-0.05, 0) is 62.7 Å². The van der Waals surface area contributed by atoms with Gasteiger partial charge < -0.3 is 19.3 Å². The van der Waals surface area contributed by atoms with Crippen LogP contribution in [0.3, 0.4) is 0 Å². The lowest BCUT2D eigenvalue weighted by atomic mass is 9.67. The third kappa shape index (κ3) is 5.18. The number of esters is 1. The average molecular weight is 466 g/mol. The van der Waals surface area contributed by atoms with Gasteiger partial charge in [-0.2, -0.15) is 0 Å². The zero-order valence-corrected chi connectivity index (χ0v) is 20.8. The Balaban J connectivity index is 1.55. The van der Waals surface area contributed by atoms with Crippen molar-refractivity contribution >= 4 is 11.8 Å². The molecule has 3 aliphatic heterocycles. The number of carbonyl (C=O) groups excluding carboxylic acids is 2. The predicted molar refractivity (Wildman–Crippen MR) is 125 cm³/mol. The standard InChI is InChI=1S/C27H44O6/c1-4-5-12-26(2,3)19(22-10-6-8-13-31-22)15-20(28)24-18-16-27(17-21(18)29,33-25(24)30)23-11-7-9-14-32-23/h18-19,21-24,29H,4-17H2,1-3H3/t18-,19-,21-,22?,23?,24-,27+/m1/s1/i19D. The van der Waals surface area contributed by atoms with Crippen molar-refractivity contribution in [2.24, 2.45) is 23.1 Å². The van der Waals surface area contributed by atoms with Crippen molar-refractivity contribution < 1.29 is 30.3 Å². The summed E-state index contributed by atoms with van der Waals surface area (Å²) >= 11 is 0. The van der Waals surface area contributed by atoms with Gasteiger partial charge in [0.15, 0.2) is 0 Å². The molecule has 3 heterocycles. The molecule has 0 radical (unpaired) electrons. The summed E-state index contributed by atoms with van der Waals surface area (Å²) in [7, 11) is 0. The molecule has 188 valence electrons. The Labute approximate surface area is 200 Å². The molecule has 7 atom stereocenters. The first-order valence-corrected chi connectivity index (χ1v) is 13.3. The molecule has 4 aliphatic rings. The number of carbonyl (C=O) groups is 2. The van der Waals surface area contributed by atoms with E-state index in [2.05, 4.69) is 20.8 Å². The second-order valence-corrected chi connectivity index (χ2v) is 11.5. The molecule has 6 heteroatoms. The van der Waals surface area contributed by atoms with Gasteiger partial charge in [0.05, 0.1) is 18.3 Å². The highest BCUT2D eigenvalue weighted by Gasteiger charge is 2.62. The predicted octanol–water partition coefficient (Wildman–Crippen LogP) is 4.60. The van der Waals surface area contributed by atoms with E-state index in [1.165, 1.54) is 0 Å². The fraction of sp³-hybridized carbons (Fsp3) is 0.926. The second-order valence-electron chi connectivity index (χ2n) is 11.5. The number of ether oxygens (including phenoxy) is 3. The SMILES string of the molecule is [2H][C@@](CC(=O)[C@@H]1C(=O)O[C@@]2(C3CCCCO3)C[C@@H]1[C@H](O)C2)(C1CCCCO1)C(C)(C)CCCC. The first kappa shape index (κ1) is 23.7. The maximum atomic E-state index is 13.8. The summed E-state index contributed by atoms with van der Waals surface area (Å²) in [5.74, 6) is -3.42. The van der Waals surface area contributed by atoms with Crippen molar-refractivity contribution in [3.63, 3.8) is 0 Å². The third-order valence-corrected chi connectivity index (χ3v) is 8.69. The van der Waals surface area contributed by atoms with E-state index in [1.807, 2.05) is 0 Å². The Morgan fingerprint density at radius 1 is 1.18 bits per heavy atom. The van der Waals surface area contributed by atoms with Crippen molar-refractivity contribution in [1.29, 1.82) is 0 Å². The Morgan fingerprint density at radius 3 is 2.55 bits per heavy atom. The minimum atomic E-state index is -1.13. The molecule has 3 saturated heterocycles. The van der Waals surface area contributed by atoms with Crippen molar-refractivity contribution in [2.75, 3.05) is 13.2 Å². The maximum Gasteiger partial charge on any atom is 0.317 e. The minimum absolute atomic E-state index is 0.0513. The van der Waals surface area contributed by atoms with Gasteiger partial charge in [-0.25, -0.2) is 0 Å². The van der Waals surface area contributed by atoms with E-state index in [4.69, 9.17) is 14.2 Å². The topological polar surface area (TPSA) is 82.1 Å². The van der Waals surface area contributed by atoms with E-state index in [9.17, 15) is 16.1 Å². The van der Waals surface area contributed by atoms with Crippen LogP contribution in [0.1, 0.15) is 99.2 Å². The van der Waals surface area contributed by atoms with Gasteiger partial charge in [-0.1, -0.05) is 33.6 Å². The lowest BCUT2D eigenvalue weighted by Crippen LogP contribution is -2.53. The van der Waals surface area contributed by atoms with E-state index < -0.39 is 40.8 Å². The normalized spacial score (nSPS) is 39.5. The van der Waals surface area contributed by atoms with Crippen LogP contribution in [0.25, 0.3) is 0 Å². The van der Waals surface area contributed by atoms with Crippen LogP contribution in [0.2, 0.25) is 0 Å². The molecule has 0 aromatic carbocycles. The first-order chi connectivity index (χ1) is 16.1. The fourth-order valence-corrected chi connectivity index (χ4v) is 6.72. The maximum absolute atomic E-state index is 13.8. The van der Waals surface area contributed by atoms with Crippen molar-refractivity contribution in [2.45, 2.75) is 122 Å². The molecule has 4 fully saturated rings. The van der Waals surface area contributed by atoms with Crippen LogP contribution < -0.4 is 0 Å². The molecule has 33 heavy (non-hydrogen) atoms. The highest BCUT2D eigenvalue weighted by molar-refractivity contribution is 6.00. The number of fused-ring (bicyclic) bond motifs is 2. The van der Waals surface area contributed by atoms with E-state index in [0.717, 1.165) is 57.8 Å². The molecule has 6 nitrogen and oxygen atoms in total. The van der Waals surface area contributed by atoms with Gasteiger partial charge >= 0.3 is 5.97 Å². The lowest BCUT2D eigenvalue weighted by molar-refractivity contribution is -0.198. The molecular formula is C27H44O6. The van der Waals surface area contributed by atoms with Gasteiger partial charge in [0.1, 0.15) is 17.3 Å². The monoisotopic (exact) mass is 465 g/mol. The Bertz CT molecular complexity index is 743. The molecule has 0 aromatic heterocycles. The number of hydrogen-bond acceptors (Lipinski definition) is 6. The Kier molecular flexibility index (Phi) is 7.43. The highest BCUT2D eigenvalue weighted by Crippen LogP contribution is 2.51. The molecule has 1 N–H and O–H groups in total. The number of aliphatic hydroxyl groups excluding tert-OH is 1. The summed E-state index contributed by atoms with van der Waals surface area (Å²) in [4.78, 5) is 27.1. The molecule has 0 spiro atoms. The first-order valence-electron chi connectivity index (χ1n) is 13.8. The molecule has 2 bridgehead atoms. The lowest BCUT2D eigenvalue weighted by Gasteiger charge is -2.44. The zero-order chi connectivity index (χ0) is 24.6. The van der Waals surface area contributed by atoms with Gasteiger partial charge in [-0.3, -0.25) is 9.59 Å². The fourth-order valence-electron chi connectivity index (χ4n) is 6.72. The van der Waals surface area contributed by atoms with E-state index in [0.29, 0.717) is 26.1 Å². The van der Waals surface area contributed by atoms with Gasteiger partial charge in [0, 0.05) is 33.3 Å². The summed E-state index contributed by atoms with van der Waals surface area (Å²) < 4.78 is 27.6. The molecular weight excluding hydrogens is 420 g/mol. The van der Waals surface area contributed by atoms with Crippen LogP contribution in [0.4, 0.5) is 0 Å². The summed E-state index contributed by atoms with van der Waals surface area (Å²) in [6.07, 6.45) is 7.80. The molecule has 0 aromatic rings. The molecule has 4 rings (SSSR count). The molecule has 0 amide bonds. The van der Waals surface area contributed by atoms with Crippen LogP contribution in [-0.2, 0) is 23.8 Å². The van der Waals surface area contributed by atoms with Crippen LogP contribution >= 0.6 is 0 Å². The van der Waals surface area contributed by atoms with E-state index in [-0.39, 0.29) is 24.4 Å². The quantitative estimate of drug-likeness (QED) is 0.396. The van der Waals surface area contributed by atoms with Crippen molar-refractivity contribution in [3.8, 4) is 0 Å². The number of unbranched alkanes of at least 4 members (excludes halogenated alkanes) is 1. The van der Waals surface area contributed by atoms with Crippen molar-refractivity contribution in [3.05, 3.63) is 0 Å². The number of aliphatic hydroxyl groups is 1. The largest absolute Gasteiger partial charge is 0.456 e. The molecule has 1 saturated carbocycles. The number of rotatable bonds is 9. The average Bonchev–Trinajstić information content (AvgIpc) is 3.10. The number of Topliss-reactive ketones (excluding diaryl/α,β-unsaturated/α-hetero) is 1. The summed E-state index contributed by atoms with van der Waals surface area (Å²) in [6.45, 7) is 7.51. The number of ketones is 1. The third-order valence-electron chi connectivity index (χ3n) is 8.69. The van der Waals surface area contributed by atoms with Crippen LogP contribution in [0, 0.1) is 23.1 Å². The van der Waals surface area contributed by atoms with Gasteiger partial charge in [-0.15, -0.1) is 0 Å². The summed E-state index contributed by atoms with van der Waals surface area (Å²) in [5.41, 5.74) is -1.27. The van der Waals surface area contributed by atoms with E-state index >= 15 is 0 Å². The Morgan fingerprint density at radius 2 is 1.91 bits per heavy atom. The smallest absolute Gasteiger partial charge is 0.317 e. The molecule has 1 aliphatic carbocycles. The van der Waals surface area contributed by atoms with Crippen LogP contribution in [-0.4, -0.2) is 54.0 Å². The summed E-state index contributed by atoms with van der Waals surface area (Å²) in [5, 5.41) is 10.9. The highest BCUT2D eigenvalue weighted by atomic mass is 16.6. The summed E-state index contributed by atoms with van der Waals surface area (Å²) in [6, 6.07) is 0. The molecule has 2 unspecified atom stereocenters. The van der Waals surface area contributed by atoms with E-state index in [1.54, 1.807) is 0 Å². The van der Waals surface area contributed by atoms with Crippen LogP contribution in [0.15, 0.2) is 0 Å². The minimum Gasteiger partial charge on any atom is -0.456 e. The Hall–Kier alpha value is -0.980. The number of hydrogen-bond donors (Lipinski definition) is 1. The van der Waals surface area contributed by atoms with Crippen molar-refractivity contribution in [1.82, 2.24) is 0 Å². The van der Waals surface area contributed by atoms with Gasteiger partial charge in [0.2, 0.25) is 0 Å². The van der Waals surface area contributed by atoms with Crippen LogP contribution in [0.5, 0.6) is 0 Å². The van der Waals surface area contributed by atoms with Gasteiger partial charge in [0.25, 0.3) is 0 Å².